The molecule has 0 spiro atoms. The number of aromatic nitrogens is 2. The number of hydrogen-bond donors (Lipinski definition) is 1. The predicted molar refractivity (Wildman–Crippen MR) is 119 cm³/mol. The Kier molecular flexibility index (Phi) is 6.98. The molecule has 1 heterocycles. The number of carbonyl (C=O) groups excluding carboxylic acids is 1. The summed E-state index contributed by atoms with van der Waals surface area (Å²) in [6.45, 7) is 9.98. The van der Waals surface area contributed by atoms with E-state index in [1.807, 2.05) is 70.2 Å². The Morgan fingerprint density at radius 2 is 1.70 bits per heavy atom. The van der Waals surface area contributed by atoms with Gasteiger partial charge in [-0.3, -0.25) is 4.79 Å². The third-order valence-electron chi connectivity index (χ3n) is 4.77. The van der Waals surface area contributed by atoms with Crippen molar-refractivity contribution >= 4 is 16.9 Å². The van der Waals surface area contributed by atoms with E-state index >= 15 is 0 Å². The lowest BCUT2D eigenvalue weighted by molar-refractivity contribution is -0.128. The second kappa shape index (κ2) is 9.65. The van der Waals surface area contributed by atoms with Crippen molar-refractivity contribution < 1.29 is 14.3 Å². The zero-order valence-corrected chi connectivity index (χ0v) is 18.3. The molecule has 1 aromatic heterocycles. The second-order valence-electron chi connectivity index (χ2n) is 8.15. The van der Waals surface area contributed by atoms with Crippen LogP contribution in [0.1, 0.15) is 33.5 Å². The topological polar surface area (TPSA) is 65.4 Å². The number of ether oxygens (including phenoxy) is 2. The molecule has 0 saturated heterocycles. The Labute approximate surface area is 178 Å². The van der Waals surface area contributed by atoms with Crippen LogP contribution in [-0.4, -0.2) is 35.2 Å². The van der Waals surface area contributed by atoms with Gasteiger partial charge < -0.3 is 19.4 Å². The fraction of sp³-hybridized carbons (Fsp3) is 0.417. The van der Waals surface area contributed by atoms with Crippen LogP contribution in [0.5, 0.6) is 11.5 Å². The highest BCUT2D eigenvalue weighted by Crippen LogP contribution is 2.26. The van der Waals surface area contributed by atoms with E-state index in [4.69, 9.17) is 14.5 Å². The van der Waals surface area contributed by atoms with Crippen molar-refractivity contribution in [3.63, 3.8) is 0 Å². The van der Waals surface area contributed by atoms with Crippen LogP contribution in [0.3, 0.4) is 0 Å². The van der Waals surface area contributed by atoms with E-state index in [9.17, 15) is 4.79 Å². The third-order valence-corrected chi connectivity index (χ3v) is 4.77. The van der Waals surface area contributed by atoms with Crippen LogP contribution in [0.15, 0.2) is 48.5 Å². The van der Waals surface area contributed by atoms with Crippen LogP contribution < -0.4 is 14.8 Å². The summed E-state index contributed by atoms with van der Waals surface area (Å²) < 4.78 is 13.8. The van der Waals surface area contributed by atoms with Gasteiger partial charge in [0.1, 0.15) is 12.4 Å². The van der Waals surface area contributed by atoms with Crippen molar-refractivity contribution in [2.24, 2.45) is 5.41 Å². The smallest absolute Gasteiger partial charge is 0.225 e. The van der Waals surface area contributed by atoms with E-state index < -0.39 is 5.41 Å². The Bertz CT molecular complexity index is 989. The van der Waals surface area contributed by atoms with Crippen molar-refractivity contribution in [2.75, 3.05) is 19.8 Å². The summed E-state index contributed by atoms with van der Waals surface area (Å²) in [5.41, 5.74) is 1.61. The standard InChI is InChI=1S/C24H31N3O3/c1-5-29-20-12-8-9-13-21(20)30-17-16-27-19-11-7-6-10-18(19)26-22(27)14-15-25-23(28)24(2,3)4/h6-13H,5,14-17H2,1-4H3,(H,25,28). The number of nitrogens with one attached hydrogen (secondary N) is 1. The summed E-state index contributed by atoms with van der Waals surface area (Å²) >= 11 is 0. The first kappa shape index (κ1) is 21.7. The molecule has 6 nitrogen and oxygen atoms in total. The average Bonchev–Trinajstić information content (AvgIpc) is 3.06. The van der Waals surface area contributed by atoms with E-state index in [2.05, 4.69) is 16.0 Å². The number of imidazole rings is 1. The summed E-state index contributed by atoms with van der Waals surface area (Å²) in [6.07, 6.45) is 0.659. The molecule has 0 saturated carbocycles. The fourth-order valence-corrected chi connectivity index (χ4v) is 3.21. The minimum absolute atomic E-state index is 0.0426. The van der Waals surface area contributed by atoms with E-state index in [-0.39, 0.29) is 5.91 Å². The molecule has 3 aromatic rings. The van der Waals surface area contributed by atoms with Gasteiger partial charge in [0, 0.05) is 18.4 Å². The monoisotopic (exact) mass is 409 g/mol. The van der Waals surface area contributed by atoms with Gasteiger partial charge in [0.2, 0.25) is 5.91 Å². The maximum Gasteiger partial charge on any atom is 0.225 e. The SMILES string of the molecule is CCOc1ccccc1OCCn1c(CCNC(=O)C(C)(C)C)nc2ccccc21. The average molecular weight is 410 g/mol. The summed E-state index contributed by atoms with van der Waals surface area (Å²) in [6, 6.07) is 15.8. The first-order chi connectivity index (χ1) is 14.4. The summed E-state index contributed by atoms with van der Waals surface area (Å²) in [7, 11) is 0. The van der Waals surface area contributed by atoms with Crippen LogP contribution in [0.2, 0.25) is 0 Å². The number of fused-ring (bicyclic) bond motifs is 1. The van der Waals surface area contributed by atoms with E-state index in [0.29, 0.717) is 32.7 Å². The summed E-state index contributed by atoms with van der Waals surface area (Å²) in [5.74, 6) is 2.47. The van der Waals surface area contributed by atoms with E-state index in [0.717, 1.165) is 28.4 Å². The third kappa shape index (κ3) is 5.32. The minimum Gasteiger partial charge on any atom is -0.490 e. The van der Waals surface area contributed by atoms with Crippen molar-refractivity contribution in [1.29, 1.82) is 0 Å². The number of rotatable bonds is 9. The Balaban J connectivity index is 1.70. The quantitative estimate of drug-likeness (QED) is 0.575. The molecular formula is C24H31N3O3. The zero-order valence-electron chi connectivity index (χ0n) is 18.3. The minimum atomic E-state index is -0.401. The van der Waals surface area contributed by atoms with E-state index in [1.165, 1.54) is 0 Å². The second-order valence-corrected chi connectivity index (χ2v) is 8.15. The lowest BCUT2D eigenvalue weighted by Crippen LogP contribution is -2.36. The number of hydrogen-bond acceptors (Lipinski definition) is 4. The van der Waals surface area contributed by atoms with Gasteiger partial charge in [0.25, 0.3) is 0 Å². The van der Waals surface area contributed by atoms with Gasteiger partial charge in [-0.2, -0.15) is 0 Å². The van der Waals surface area contributed by atoms with Gasteiger partial charge in [0.15, 0.2) is 11.5 Å². The first-order valence-corrected chi connectivity index (χ1v) is 10.5. The molecule has 30 heavy (non-hydrogen) atoms. The maximum atomic E-state index is 12.2. The van der Waals surface area contributed by atoms with Gasteiger partial charge in [-0.05, 0) is 31.2 Å². The largest absolute Gasteiger partial charge is 0.490 e. The van der Waals surface area contributed by atoms with Gasteiger partial charge in [-0.15, -0.1) is 0 Å². The molecule has 2 aromatic carbocycles. The first-order valence-electron chi connectivity index (χ1n) is 10.5. The van der Waals surface area contributed by atoms with E-state index in [1.54, 1.807) is 0 Å². The van der Waals surface area contributed by atoms with Crippen LogP contribution in [0.25, 0.3) is 11.0 Å². The lowest BCUT2D eigenvalue weighted by Gasteiger charge is -2.17. The Morgan fingerprint density at radius 3 is 2.40 bits per heavy atom. The normalized spacial score (nSPS) is 11.5. The molecule has 6 heteroatoms. The van der Waals surface area contributed by atoms with Crippen molar-refractivity contribution in [3.8, 4) is 11.5 Å². The molecule has 0 aliphatic carbocycles. The highest BCUT2D eigenvalue weighted by Gasteiger charge is 2.20. The van der Waals surface area contributed by atoms with Crippen molar-refractivity contribution in [3.05, 3.63) is 54.4 Å². The highest BCUT2D eigenvalue weighted by molar-refractivity contribution is 5.81. The molecular weight excluding hydrogens is 378 g/mol. The maximum absolute atomic E-state index is 12.2. The molecule has 0 aliphatic heterocycles. The molecule has 0 bridgehead atoms. The Hall–Kier alpha value is -3.02. The van der Waals surface area contributed by atoms with Crippen LogP contribution in [-0.2, 0) is 17.8 Å². The summed E-state index contributed by atoms with van der Waals surface area (Å²) in [5, 5.41) is 3.01. The Morgan fingerprint density at radius 1 is 1.03 bits per heavy atom. The van der Waals surface area contributed by atoms with Gasteiger partial charge >= 0.3 is 0 Å². The number of para-hydroxylation sites is 4. The van der Waals surface area contributed by atoms with Gasteiger partial charge in [-0.25, -0.2) is 4.98 Å². The van der Waals surface area contributed by atoms with Crippen LogP contribution in [0.4, 0.5) is 0 Å². The zero-order chi connectivity index (χ0) is 21.6. The number of nitrogens with zero attached hydrogens (tertiary/aromatic N) is 2. The lowest BCUT2D eigenvalue weighted by atomic mass is 9.96. The molecule has 0 aliphatic rings. The van der Waals surface area contributed by atoms with Crippen LogP contribution >= 0.6 is 0 Å². The number of amides is 1. The van der Waals surface area contributed by atoms with Gasteiger partial charge in [-0.1, -0.05) is 45.0 Å². The number of benzene rings is 2. The van der Waals surface area contributed by atoms with Crippen molar-refractivity contribution in [2.45, 2.75) is 40.7 Å². The highest BCUT2D eigenvalue weighted by atomic mass is 16.5. The molecule has 1 amide bonds. The molecule has 0 radical (unpaired) electrons. The summed E-state index contributed by atoms with van der Waals surface area (Å²) in [4.78, 5) is 16.9. The molecule has 3 rings (SSSR count). The molecule has 0 fully saturated rings. The number of carbonyl (C=O) groups is 1. The molecule has 160 valence electrons. The van der Waals surface area contributed by atoms with Crippen LogP contribution in [0, 0.1) is 5.41 Å². The molecule has 0 unspecified atom stereocenters. The van der Waals surface area contributed by atoms with Crippen molar-refractivity contribution in [1.82, 2.24) is 14.9 Å². The predicted octanol–water partition coefficient (Wildman–Crippen LogP) is 4.22. The van der Waals surface area contributed by atoms with Gasteiger partial charge in [0.05, 0.1) is 24.2 Å². The fourth-order valence-electron chi connectivity index (χ4n) is 3.21. The molecule has 0 atom stereocenters. The molecule has 1 N–H and O–H groups in total.